The van der Waals surface area contributed by atoms with Crippen molar-refractivity contribution < 1.29 is 5.11 Å². The van der Waals surface area contributed by atoms with Crippen LogP contribution in [0.3, 0.4) is 0 Å². The first-order chi connectivity index (χ1) is 8.98. The molecule has 1 atom stereocenters. The molecule has 0 spiro atoms. The summed E-state index contributed by atoms with van der Waals surface area (Å²) in [7, 11) is 0. The minimum atomic E-state index is -0.387. The van der Waals surface area contributed by atoms with Crippen molar-refractivity contribution in [3.05, 3.63) is 41.5 Å². The van der Waals surface area contributed by atoms with Crippen LogP contribution in [0.15, 0.2) is 24.5 Å². The minimum Gasteiger partial charge on any atom is -0.388 e. The molecule has 19 heavy (non-hydrogen) atoms. The van der Waals surface area contributed by atoms with E-state index in [-0.39, 0.29) is 11.5 Å². The van der Waals surface area contributed by atoms with Gasteiger partial charge < -0.3 is 5.11 Å². The van der Waals surface area contributed by atoms with Crippen LogP contribution in [0.2, 0.25) is 0 Å². The fraction of sp³-hybridized carbons (Fsp3) is 0.467. The largest absolute Gasteiger partial charge is 0.388 e. The van der Waals surface area contributed by atoms with Crippen molar-refractivity contribution in [3.8, 4) is 5.95 Å². The molecule has 0 aliphatic heterocycles. The molecule has 2 heterocycles. The summed E-state index contributed by atoms with van der Waals surface area (Å²) < 4.78 is 2.07. The smallest absolute Gasteiger partial charge is 0.233 e. The summed E-state index contributed by atoms with van der Waals surface area (Å²) in [5, 5.41) is 10.3. The molecule has 0 bridgehead atoms. The Bertz CT molecular complexity index is 601. The Morgan fingerprint density at radius 2 is 2.00 bits per heavy atom. The maximum Gasteiger partial charge on any atom is 0.233 e. The first-order valence-electron chi connectivity index (χ1n) is 6.64. The number of hydrogen-bond acceptors (Lipinski definition) is 3. The third-order valence-electron chi connectivity index (χ3n) is 3.82. The van der Waals surface area contributed by atoms with Crippen LogP contribution in [0.1, 0.15) is 43.3 Å². The van der Waals surface area contributed by atoms with Gasteiger partial charge in [0.1, 0.15) is 0 Å². The quantitative estimate of drug-likeness (QED) is 0.854. The van der Waals surface area contributed by atoms with Crippen LogP contribution in [0.4, 0.5) is 0 Å². The molecule has 100 valence electrons. The second-order valence-corrected chi connectivity index (χ2v) is 6.13. The number of rotatable bonds is 1. The average Bonchev–Trinajstić information content (AvgIpc) is 2.65. The summed E-state index contributed by atoms with van der Waals surface area (Å²) >= 11 is 0. The van der Waals surface area contributed by atoms with Crippen LogP contribution in [0, 0.1) is 12.3 Å². The second kappa shape index (κ2) is 4.17. The molecule has 0 saturated heterocycles. The van der Waals surface area contributed by atoms with Crippen molar-refractivity contribution in [2.45, 2.75) is 39.7 Å². The topological polar surface area (TPSA) is 50.9 Å². The highest BCUT2D eigenvalue weighted by atomic mass is 16.3. The van der Waals surface area contributed by atoms with Crippen molar-refractivity contribution in [2.24, 2.45) is 5.41 Å². The summed E-state index contributed by atoms with van der Waals surface area (Å²) in [5.74, 6) is 0.686. The van der Waals surface area contributed by atoms with E-state index in [9.17, 15) is 5.11 Å². The molecule has 2 aromatic rings. The number of aliphatic hydroxyl groups is 1. The highest BCUT2D eigenvalue weighted by Crippen LogP contribution is 2.42. The van der Waals surface area contributed by atoms with Crippen molar-refractivity contribution in [1.82, 2.24) is 14.5 Å². The predicted octanol–water partition coefficient (Wildman–Crippen LogP) is 2.58. The van der Waals surface area contributed by atoms with E-state index in [4.69, 9.17) is 0 Å². The molecule has 0 fully saturated rings. The molecule has 0 amide bonds. The fourth-order valence-electron chi connectivity index (χ4n) is 3.03. The maximum absolute atomic E-state index is 10.3. The van der Waals surface area contributed by atoms with Crippen molar-refractivity contribution in [2.75, 3.05) is 0 Å². The van der Waals surface area contributed by atoms with Crippen molar-refractivity contribution in [3.63, 3.8) is 0 Å². The zero-order chi connectivity index (χ0) is 13.6. The lowest BCUT2D eigenvalue weighted by Gasteiger charge is -2.33. The first kappa shape index (κ1) is 12.4. The molecular formula is C15H19N3O. The van der Waals surface area contributed by atoms with Gasteiger partial charge in [-0.2, -0.15) is 0 Å². The number of aryl methyl sites for hydroxylation is 1. The molecule has 4 nitrogen and oxygen atoms in total. The number of hydrogen-bond donors (Lipinski definition) is 1. The van der Waals surface area contributed by atoms with E-state index in [1.807, 2.05) is 13.0 Å². The Morgan fingerprint density at radius 3 is 2.68 bits per heavy atom. The van der Waals surface area contributed by atoms with Gasteiger partial charge in [0.05, 0.1) is 6.10 Å². The molecule has 0 aromatic carbocycles. The lowest BCUT2D eigenvalue weighted by atomic mass is 9.75. The Hall–Kier alpha value is -1.68. The first-order valence-corrected chi connectivity index (χ1v) is 6.64. The zero-order valence-corrected chi connectivity index (χ0v) is 11.6. The third-order valence-corrected chi connectivity index (χ3v) is 3.82. The van der Waals surface area contributed by atoms with Gasteiger partial charge in [0, 0.05) is 29.3 Å². The Kier molecular flexibility index (Phi) is 2.71. The lowest BCUT2D eigenvalue weighted by molar-refractivity contribution is 0.0986. The highest BCUT2D eigenvalue weighted by Gasteiger charge is 2.34. The van der Waals surface area contributed by atoms with Gasteiger partial charge in [-0.1, -0.05) is 13.8 Å². The minimum absolute atomic E-state index is 0.101. The summed E-state index contributed by atoms with van der Waals surface area (Å²) in [5.41, 5.74) is 3.36. The molecule has 2 aromatic heterocycles. The SMILES string of the molecule is Cc1cc2c(n1-c1ncccn1)CC(C)(C)CC2O. The Labute approximate surface area is 113 Å². The Morgan fingerprint density at radius 1 is 1.32 bits per heavy atom. The predicted molar refractivity (Wildman–Crippen MR) is 73.2 cm³/mol. The number of aliphatic hydroxyl groups excluding tert-OH is 1. The molecule has 3 rings (SSSR count). The molecule has 0 radical (unpaired) electrons. The molecule has 0 saturated carbocycles. The second-order valence-electron chi connectivity index (χ2n) is 6.13. The standard InChI is InChI=1S/C15H19N3O/c1-10-7-11-12(8-15(2,3)9-13(11)19)18(10)14-16-5-4-6-17-14/h4-7,13,19H,8-9H2,1-3H3. The fourth-order valence-corrected chi connectivity index (χ4v) is 3.03. The summed E-state index contributed by atoms with van der Waals surface area (Å²) in [4.78, 5) is 8.67. The molecule has 1 unspecified atom stereocenters. The molecule has 1 N–H and O–H groups in total. The van der Waals surface area contributed by atoms with Gasteiger partial charge in [0.15, 0.2) is 0 Å². The number of nitrogens with zero attached hydrogens (tertiary/aromatic N) is 3. The van der Waals surface area contributed by atoms with Gasteiger partial charge in [-0.15, -0.1) is 0 Å². The van der Waals surface area contributed by atoms with Crippen LogP contribution < -0.4 is 0 Å². The van der Waals surface area contributed by atoms with Gasteiger partial charge in [0.25, 0.3) is 0 Å². The van der Waals surface area contributed by atoms with E-state index < -0.39 is 0 Å². The van der Waals surface area contributed by atoms with E-state index in [0.29, 0.717) is 5.95 Å². The third kappa shape index (κ3) is 2.06. The highest BCUT2D eigenvalue weighted by molar-refractivity contribution is 5.38. The van der Waals surface area contributed by atoms with Crippen LogP contribution in [0.25, 0.3) is 5.95 Å². The Balaban J connectivity index is 2.18. The number of aromatic nitrogens is 3. The summed E-state index contributed by atoms with van der Waals surface area (Å²) in [6.45, 7) is 6.42. The van der Waals surface area contributed by atoms with Gasteiger partial charge in [-0.25, -0.2) is 9.97 Å². The van der Waals surface area contributed by atoms with Crippen LogP contribution >= 0.6 is 0 Å². The van der Waals surface area contributed by atoms with Crippen LogP contribution in [0.5, 0.6) is 0 Å². The lowest BCUT2D eigenvalue weighted by Crippen LogP contribution is -2.26. The van der Waals surface area contributed by atoms with Gasteiger partial charge in [-0.3, -0.25) is 4.57 Å². The van der Waals surface area contributed by atoms with Crippen LogP contribution in [-0.2, 0) is 6.42 Å². The van der Waals surface area contributed by atoms with Crippen LogP contribution in [-0.4, -0.2) is 19.6 Å². The van der Waals surface area contributed by atoms with E-state index in [0.717, 1.165) is 29.8 Å². The van der Waals surface area contributed by atoms with Gasteiger partial charge >= 0.3 is 0 Å². The summed E-state index contributed by atoms with van der Waals surface area (Å²) in [6, 6.07) is 3.87. The van der Waals surface area contributed by atoms with Gasteiger partial charge in [-0.05, 0) is 37.3 Å². The molecular weight excluding hydrogens is 238 g/mol. The molecule has 1 aliphatic carbocycles. The maximum atomic E-state index is 10.3. The summed E-state index contributed by atoms with van der Waals surface area (Å²) in [6.07, 6.45) is 4.85. The molecule has 4 heteroatoms. The van der Waals surface area contributed by atoms with Crippen molar-refractivity contribution >= 4 is 0 Å². The zero-order valence-electron chi connectivity index (χ0n) is 11.6. The van der Waals surface area contributed by atoms with E-state index in [1.54, 1.807) is 12.4 Å². The van der Waals surface area contributed by atoms with Crippen molar-refractivity contribution in [1.29, 1.82) is 0 Å². The average molecular weight is 257 g/mol. The normalized spacial score (nSPS) is 21.2. The monoisotopic (exact) mass is 257 g/mol. The van der Waals surface area contributed by atoms with E-state index in [2.05, 4.69) is 34.4 Å². The number of fused-ring (bicyclic) bond motifs is 1. The molecule has 1 aliphatic rings. The van der Waals surface area contributed by atoms with E-state index in [1.165, 1.54) is 0 Å². The van der Waals surface area contributed by atoms with Gasteiger partial charge in [0.2, 0.25) is 5.95 Å². The van der Waals surface area contributed by atoms with E-state index >= 15 is 0 Å².